The Morgan fingerprint density at radius 3 is 2.80 bits per heavy atom. The highest BCUT2D eigenvalue weighted by Gasteiger charge is 1.99. The molecular formula is C12H10FNS. The zero-order chi connectivity index (χ0) is 10.7. The Morgan fingerprint density at radius 1 is 1.20 bits per heavy atom. The molecule has 0 saturated heterocycles. The highest BCUT2D eigenvalue weighted by molar-refractivity contribution is 7.71. The summed E-state index contributed by atoms with van der Waals surface area (Å²) in [4.78, 5) is 2.96. The molecule has 76 valence electrons. The van der Waals surface area contributed by atoms with Crippen LogP contribution in [0.3, 0.4) is 0 Å². The highest BCUT2D eigenvalue weighted by Crippen LogP contribution is 2.10. The maximum atomic E-state index is 12.9. The first kappa shape index (κ1) is 10.1. The molecule has 1 aromatic carbocycles. The molecule has 0 radical (unpaired) electrons. The number of benzene rings is 1. The Morgan fingerprint density at radius 2 is 2.07 bits per heavy atom. The van der Waals surface area contributed by atoms with Crippen molar-refractivity contribution in [3.05, 3.63) is 64.2 Å². The van der Waals surface area contributed by atoms with E-state index in [0.29, 0.717) is 11.1 Å². The smallest absolute Gasteiger partial charge is 0.123 e. The predicted molar refractivity (Wildman–Crippen MR) is 60.8 cm³/mol. The Bertz CT molecular complexity index is 519. The van der Waals surface area contributed by atoms with Crippen molar-refractivity contribution >= 4 is 12.2 Å². The molecule has 2 rings (SSSR count). The van der Waals surface area contributed by atoms with E-state index in [1.54, 1.807) is 12.3 Å². The van der Waals surface area contributed by atoms with E-state index in [-0.39, 0.29) is 5.82 Å². The van der Waals surface area contributed by atoms with Gasteiger partial charge in [-0.05, 0) is 29.3 Å². The van der Waals surface area contributed by atoms with Crippen molar-refractivity contribution in [2.75, 3.05) is 0 Å². The molecule has 0 amide bonds. The zero-order valence-electron chi connectivity index (χ0n) is 8.03. The van der Waals surface area contributed by atoms with Crippen molar-refractivity contribution < 1.29 is 4.39 Å². The van der Waals surface area contributed by atoms with Crippen LogP contribution < -0.4 is 0 Å². The molecule has 0 aliphatic rings. The van der Waals surface area contributed by atoms with Crippen LogP contribution in [0.2, 0.25) is 0 Å². The van der Waals surface area contributed by atoms with E-state index in [1.165, 1.54) is 12.1 Å². The molecular weight excluding hydrogens is 209 g/mol. The highest BCUT2D eigenvalue weighted by atomic mass is 32.1. The molecule has 0 atom stereocenters. The number of aromatic nitrogens is 1. The first-order chi connectivity index (χ1) is 7.25. The Kier molecular flexibility index (Phi) is 2.92. The number of pyridine rings is 1. The third-order valence-corrected chi connectivity index (χ3v) is 2.56. The maximum Gasteiger partial charge on any atom is 0.123 e. The second kappa shape index (κ2) is 4.36. The van der Waals surface area contributed by atoms with Gasteiger partial charge in [0, 0.05) is 12.6 Å². The zero-order valence-corrected chi connectivity index (χ0v) is 8.85. The largest absolute Gasteiger partial charge is 0.353 e. The van der Waals surface area contributed by atoms with E-state index in [4.69, 9.17) is 12.2 Å². The fourth-order valence-corrected chi connectivity index (χ4v) is 1.67. The monoisotopic (exact) mass is 219 g/mol. The van der Waals surface area contributed by atoms with E-state index < -0.39 is 0 Å². The van der Waals surface area contributed by atoms with Crippen molar-refractivity contribution in [1.82, 2.24) is 4.98 Å². The molecule has 15 heavy (non-hydrogen) atoms. The Balaban J connectivity index is 2.30. The van der Waals surface area contributed by atoms with Gasteiger partial charge in [0.1, 0.15) is 10.5 Å². The molecule has 1 aromatic heterocycles. The average Bonchev–Trinajstić information content (AvgIpc) is 2.22. The quantitative estimate of drug-likeness (QED) is 0.765. The number of aromatic amines is 1. The first-order valence-corrected chi connectivity index (χ1v) is 5.07. The van der Waals surface area contributed by atoms with Crippen LogP contribution in [0.5, 0.6) is 0 Å². The Labute approximate surface area is 92.6 Å². The van der Waals surface area contributed by atoms with Crippen molar-refractivity contribution in [3.8, 4) is 0 Å². The van der Waals surface area contributed by atoms with Crippen LogP contribution in [0, 0.1) is 10.5 Å². The third kappa shape index (κ3) is 2.50. The summed E-state index contributed by atoms with van der Waals surface area (Å²) in [6.07, 6.45) is 2.45. The molecule has 0 aliphatic carbocycles. The van der Waals surface area contributed by atoms with E-state index in [1.807, 2.05) is 18.2 Å². The van der Waals surface area contributed by atoms with Gasteiger partial charge in [0.2, 0.25) is 0 Å². The van der Waals surface area contributed by atoms with Crippen LogP contribution in [0.1, 0.15) is 11.1 Å². The number of hydrogen-bond donors (Lipinski definition) is 1. The molecule has 1 N–H and O–H groups in total. The van der Waals surface area contributed by atoms with Crippen LogP contribution >= 0.6 is 12.2 Å². The summed E-state index contributed by atoms with van der Waals surface area (Å²) < 4.78 is 13.6. The lowest BCUT2D eigenvalue weighted by molar-refractivity contribution is 0.626. The summed E-state index contributed by atoms with van der Waals surface area (Å²) in [6, 6.07) is 10.4. The number of hydrogen-bond acceptors (Lipinski definition) is 1. The fraction of sp³-hybridized carbons (Fsp3) is 0.0833. The predicted octanol–water partition coefficient (Wildman–Crippen LogP) is 3.47. The van der Waals surface area contributed by atoms with Gasteiger partial charge in [-0.3, -0.25) is 0 Å². The van der Waals surface area contributed by atoms with Crippen molar-refractivity contribution in [3.63, 3.8) is 0 Å². The number of H-pyrrole nitrogens is 1. The molecule has 0 saturated carbocycles. The lowest BCUT2D eigenvalue weighted by Crippen LogP contribution is -1.91. The SMILES string of the molecule is Fc1cccc(Cc2ccc[nH]c2=S)c1. The molecule has 0 bridgehead atoms. The van der Waals surface area contributed by atoms with Crippen molar-refractivity contribution in [2.24, 2.45) is 0 Å². The van der Waals surface area contributed by atoms with E-state index >= 15 is 0 Å². The lowest BCUT2D eigenvalue weighted by Gasteiger charge is -2.01. The van der Waals surface area contributed by atoms with Crippen molar-refractivity contribution in [2.45, 2.75) is 6.42 Å². The topological polar surface area (TPSA) is 15.8 Å². The average molecular weight is 219 g/mol. The van der Waals surface area contributed by atoms with Crippen LogP contribution in [-0.2, 0) is 6.42 Å². The molecule has 3 heteroatoms. The van der Waals surface area contributed by atoms with Gasteiger partial charge in [-0.2, -0.15) is 0 Å². The van der Waals surface area contributed by atoms with Gasteiger partial charge < -0.3 is 4.98 Å². The second-order valence-electron chi connectivity index (χ2n) is 3.33. The van der Waals surface area contributed by atoms with Crippen LogP contribution in [0.4, 0.5) is 4.39 Å². The Hall–Kier alpha value is -1.48. The molecule has 1 heterocycles. The van der Waals surface area contributed by atoms with Gasteiger partial charge in [0.05, 0.1) is 0 Å². The summed E-state index contributed by atoms with van der Waals surface area (Å²) >= 11 is 5.13. The summed E-state index contributed by atoms with van der Waals surface area (Å²) in [7, 11) is 0. The van der Waals surface area contributed by atoms with Gasteiger partial charge >= 0.3 is 0 Å². The molecule has 0 unspecified atom stereocenters. The normalized spacial score (nSPS) is 10.2. The molecule has 1 nitrogen and oxygen atoms in total. The summed E-state index contributed by atoms with van der Waals surface area (Å²) in [5.41, 5.74) is 1.94. The number of nitrogens with one attached hydrogen (secondary N) is 1. The van der Waals surface area contributed by atoms with Gasteiger partial charge in [0.25, 0.3) is 0 Å². The maximum absolute atomic E-state index is 12.9. The standard InChI is InChI=1S/C12H10FNS/c13-11-5-1-3-9(8-11)7-10-4-2-6-14-12(10)15/h1-6,8H,7H2,(H,14,15). The minimum Gasteiger partial charge on any atom is -0.353 e. The van der Waals surface area contributed by atoms with Crippen LogP contribution in [0.25, 0.3) is 0 Å². The van der Waals surface area contributed by atoms with Crippen LogP contribution in [-0.4, -0.2) is 4.98 Å². The minimum absolute atomic E-state index is 0.210. The van der Waals surface area contributed by atoms with Gasteiger partial charge in [0.15, 0.2) is 0 Å². The van der Waals surface area contributed by atoms with Crippen molar-refractivity contribution in [1.29, 1.82) is 0 Å². The van der Waals surface area contributed by atoms with Gasteiger partial charge in [-0.25, -0.2) is 4.39 Å². The van der Waals surface area contributed by atoms with E-state index in [9.17, 15) is 4.39 Å². The summed E-state index contributed by atoms with van der Waals surface area (Å²) in [5, 5.41) is 0. The van der Waals surface area contributed by atoms with Gasteiger partial charge in [-0.1, -0.05) is 30.4 Å². The third-order valence-electron chi connectivity index (χ3n) is 2.18. The van der Waals surface area contributed by atoms with E-state index in [2.05, 4.69) is 4.98 Å². The number of rotatable bonds is 2. The second-order valence-corrected chi connectivity index (χ2v) is 3.74. The summed E-state index contributed by atoms with van der Waals surface area (Å²) in [6.45, 7) is 0. The molecule has 0 spiro atoms. The lowest BCUT2D eigenvalue weighted by atomic mass is 10.1. The minimum atomic E-state index is -0.210. The van der Waals surface area contributed by atoms with E-state index in [0.717, 1.165) is 11.1 Å². The summed E-state index contributed by atoms with van der Waals surface area (Å²) in [5.74, 6) is -0.210. The molecule has 0 fully saturated rings. The van der Waals surface area contributed by atoms with Gasteiger partial charge in [-0.15, -0.1) is 0 Å². The number of halogens is 1. The molecule has 2 aromatic rings. The first-order valence-electron chi connectivity index (χ1n) is 4.67. The van der Waals surface area contributed by atoms with Crippen LogP contribution in [0.15, 0.2) is 42.6 Å². The molecule has 0 aliphatic heterocycles. The fourth-order valence-electron chi connectivity index (χ4n) is 1.46.